The summed E-state index contributed by atoms with van der Waals surface area (Å²) in [6, 6.07) is 62.3. The van der Waals surface area contributed by atoms with Crippen LogP contribution in [0.25, 0.3) is 65.7 Å². The van der Waals surface area contributed by atoms with Crippen LogP contribution in [0.3, 0.4) is 0 Å². The molecular formula is C47H33N3O. The summed E-state index contributed by atoms with van der Waals surface area (Å²) in [5, 5.41) is 14.7. The van der Waals surface area contributed by atoms with Crippen LogP contribution in [0.5, 0.6) is 0 Å². The van der Waals surface area contributed by atoms with Crippen LogP contribution in [-0.4, -0.2) is 5.84 Å². The van der Waals surface area contributed by atoms with E-state index in [-0.39, 0.29) is 12.3 Å². The van der Waals surface area contributed by atoms with Crippen LogP contribution in [0, 0.1) is 0 Å². The van der Waals surface area contributed by atoms with Crippen LogP contribution in [0.1, 0.15) is 29.0 Å². The zero-order valence-corrected chi connectivity index (χ0v) is 27.8. The highest BCUT2D eigenvalue weighted by Crippen LogP contribution is 2.38. The maximum absolute atomic E-state index is 6.55. The van der Waals surface area contributed by atoms with E-state index in [4.69, 9.17) is 9.41 Å². The molecule has 0 saturated carbocycles. The van der Waals surface area contributed by atoms with Crippen molar-refractivity contribution in [2.24, 2.45) is 4.99 Å². The SMILES string of the molecule is c1ccc(-c2ccc(-c3cc(C4=NC(c5ccc6ccc7ccccc7c6c5)NC(c5ccccc5)N4)c4c(c3)oc3ccccc34)cc2)cc1. The first-order valence-electron chi connectivity index (χ1n) is 17.4. The lowest BCUT2D eigenvalue weighted by molar-refractivity contribution is 0.409. The molecule has 8 aromatic carbocycles. The summed E-state index contributed by atoms with van der Waals surface area (Å²) >= 11 is 0. The first-order chi connectivity index (χ1) is 25.2. The second-order valence-electron chi connectivity index (χ2n) is 13.2. The number of hydrogen-bond donors (Lipinski definition) is 2. The Kier molecular flexibility index (Phi) is 7.00. The van der Waals surface area contributed by atoms with Crippen molar-refractivity contribution in [2.45, 2.75) is 12.3 Å². The van der Waals surface area contributed by atoms with Gasteiger partial charge in [-0.1, -0.05) is 152 Å². The number of aliphatic imine (C=N–C) groups is 1. The highest BCUT2D eigenvalue weighted by atomic mass is 16.3. The fraction of sp³-hybridized carbons (Fsp3) is 0.0426. The first kappa shape index (κ1) is 29.4. The van der Waals surface area contributed by atoms with Crippen molar-refractivity contribution in [2.75, 3.05) is 0 Å². The Hall–Kier alpha value is -6.49. The molecule has 0 bridgehead atoms. The largest absolute Gasteiger partial charge is 0.456 e. The topological polar surface area (TPSA) is 49.6 Å². The summed E-state index contributed by atoms with van der Waals surface area (Å²) in [7, 11) is 0. The van der Waals surface area contributed by atoms with Crippen LogP contribution in [-0.2, 0) is 0 Å². The Labute approximate surface area is 295 Å². The number of nitrogens with one attached hydrogen (secondary N) is 2. The van der Waals surface area contributed by atoms with Crippen molar-refractivity contribution < 1.29 is 4.42 Å². The van der Waals surface area contributed by atoms with E-state index in [0.29, 0.717) is 0 Å². The molecule has 242 valence electrons. The molecule has 4 nitrogen and oxygen atoms in total. The normalized spacial score (nSPS) is 16.0. The number of nitrogens with zero attached hydrogens (tertiary/aromatic N) is 1. The molecular weight excluding hydrogens is 623 g/mol. The molecule has 2 unspecified atom stereocenters. The minimum Gasteiger partial charge on any atom is -0.456 e. The van der Waals surface area contributed by atoms with E-state index in [9.17, 15) is 0 Å². The molecule has 51 heavy (non-hydrogen) atoms. The fourth-order valence-corrected chi connectivity index (χ4v) is 7.57. The monoisotopic (exact) mass is 655 g/mol. The van der Waals surface area contributed by atoms with Gasteiger partial charge in [0.15, 0.2) is 0 Å². The Balaban J connectivity index is 1.16. The van der Waals surface area contributed by atoms with Crippen LogP contribution in [0.4, 0.5) is 0 Å². The number of hydrogen-bond acceptors (Lipinski definition) is 4. The molecule has 10 rings (SSSR count). The zero-order valence-electron chi connectivity index (χ0n) is 27.8. The van der Waals surface area contributed by atoms with Crippen molar-refractivity contribution in [3.63, 3.8) is 0 Å². The summed E-state index contributed by atoms with van der Waals surface area (Å²) < 4.78 is 6.55. The number of amidine groups is 1. The molecule has 4 heteroatoms. The van der Waals surface area contributed by atoms with Gasteiger partial charge in [-0.2, -0.15) is 0 Å². The van der Waals surface area contributed by atoms with Gasteiger partial charge in [0.05, 0.1) is 0 Å². The molecule has 0 amide bonds. The molecule has 0 spiro atoms. The molecule has 2 heterocycles. The molecule has 0 saturated heterocycles. The van der Waals surface area contributed by atoms with Gasteiger partial charge in [-0.25, -0.2) is 4.99 Å². The quantitative estimate of drug-likeness (QED) is 0.181. The smallest absolute Gasteiger partial charge is 0.136 e. The van der Waals surface area contributed by atoms with E-state index in [1.807, 2.05) is 18.2 Å². The van der Waals surface area contributed by atoms with E-state index in [2.05, 4.69) is 168 Å². The van der Waals surface area contributed by atoms with Gasteiger partial charge in [0.1, 0.15) is 29.3 Å². The van der Waals surface area contributed by atoms with Crippen LogP contribution < -0.4 is 10.6 Å². The molecule has 0 fully saturated rings. The van der Waals surface area contributed by atoms with E-state index < -0.39 is 0 Å². The zero-order chi connectivity index (χ0) is 33.7. The summed E-state index contributed by atoms with van der Waals surface area (Å²) in [5.74, 6) is 0.824. The summed E-state index contributed by atoms with van der Waals surface area (Å²) in [6.45, 7) is 0. The lowest BCUT2D eigenvalue weighted by Gasteiger charge is -2.32. The maximum Gasteiger partial charge on any atom is 0.136 e. The minimum absolute atomic E-state index is 0.172. The minimum atomic E-state index is -0.295. The molecule has 0 radical (unpaired) electrons. The number of furan rings is 1. The van der Waals surface area contributed by atoms with E-state index in [1.54, 1.807) is 0 Å². The lowest BCUT2D eigenvalue weighted by atomic mass is 9.95. The third-order valence-corrected chi connectivity index (χ3v) is 10.1. The van der Waals surface area contributed by atoms with E-state index >= 15 is 0 Å². The number of rotatable bonds is 5. The van der Waals surface area contributed by atoms with Crippen molar-refractivity contribution >= 4 is 49.3 Å². The lowest BCUT2D eigenvalue weighted by Crippen LogP contribution is -2.45. The van der Waals surface area contributed by atoms with Gasteiger partial charge in [0.25, 0.3) is 0 Å². The van der Waals surface area contributed by atoms with Crippen molar-refractivity contribution in [1.29, 1.82) is 0 Å². The number of para-hydroxylation sites is 1. The van der Waals surface area contributed by atoms with E-state index in [1.165, 1.54) is 32.7 Å². The summed E-state index contributed by atoms with van der Waals surface area (Å²) in [6.07, 6.45) is -0.467. The predicted molar refractivity (Wildman–Crippen MR) is 211 cm³/mol. The van der Waals surface area contributed by atoms with Crippen molar-refractivity contribution in [1.82, 2.24) is 10.6 Å². The molecule has 1 aliphatic heterocycles. The highest BCUT2D eigenvalue weighted by Gasteiger charge is 2.28. The predicted octanol–water partition coefficient (Wildman–Crippen LogP) is 11.6. The Morgan fingerprint density at radius 2 is 1.08 bits per heavy atom. The van der Waals surface area contributed by atoms with Gasteiger partial charge >= 0.3 is 0 Å². The second-order valence-corrected chi connectivity index (χ2v) is 13.2. The first-order valence-corrected chi connectivity index (χ1v) is 17.4. The van der Waals surface area contributed by atoms with Gasteiger partial charge < -0.3 is 9.73 Å². The Bertz CT molecular complexity index is 2750. The number of fused-ring (bicyclic) bond motifs is 6. The molecule has 0 aliphatic carbocycles. The van der Waals surface area contributed by atoms with Crippen molar-refractivity contribution in [3.05, 3.63) is 193 Å². The standard InChI is InChI=1S/C47H33N3O/c1-3-11-30(12-4-1)31-19-21-32(22-20-31)37-28-41(44-39-17-9-10-18-42(39)51-43(44)29-37)47-49-45(35-14-5-2-6-15-35)48-46(50-47)36-26-25-34-24-23-33-13-7-8-16-38(33)40(34)27-36/h1-29,45-46,48H,(H,49,50). The molecule has 9 aromatic rings. The Morgan fingerprint density at radius 1 is 0.451 bits per heavy atom. The summed E-state index contributed by atoms with van der Waals surface area (Å²) in [5.41, 5.74) is 9.53. The summed E-state index contributed by atoms with van der Waals surface area (Å²) in [4.78, 5) is 5.46. The molecule has 2 N–H and O–H groups in total. The number of benzene rings is 8. The molecule has 1 aliphatic rings. The fourth-order valence-electron chi connectivity index (χ4n) is 7.57. The van der Waals surface area contributed by atoms with Gasteiger partial charge in [-0.3, -0.25) is 5.32 Å². The third kappa shape index (κ3) is 5.25. The average molecular weight is 656 g/mol. The highest BCUT2D eigenvalue weighted by molar-refractivity contribution is 6.19. The average Bonchev–Trinajstić information content (AvgIpc) is 3.59. The van der Waals surface area contributed by atoms with Gasteiger partial charge in [-0.15, -0.1) is 0 Å². The van der Waals surface area contributed by atoms with E-state index in [0.717, 1.165) is 55.6 Å². The van der Waals surface area contributed by atoms with Crippen molar-refractivity contribution in [3.8, 4) is 22.3 Å². The van der Waals surface area contributed by atoms with Crippen LogP contribution in [0.15, 0.2) is 185 Å². The van der Waals surface area contributed by atoms with Gasteiger partial charge in [0.2, 0.25) is 0 Å². The van der Waals surface area contributed by atoms with Gasteiger partial charge in [-0.05, 0) is 79.2 Å². The van der Waals surface area contributed by atoms with Crippen LogP contribution >= 0.6 is 0 Å². The molecule has 1 aromatic heterocycles. The van der Waals surface area contributed by atoms with Gasteiger partial charge in [0, 0.05) is 16.3 Å². The Morgan fingerprint density at radius 3 is 1.88 bits per heavy atom. The second kappa shape index (κ2) is 12.1. The van der Waals surface area contributed by atoms with Crippen LogP contribution in [0.2, 0.25) is 0 Å². The molecule has 2 atom stereocenters. The third-order valence-electron chi connectivity index (χ3n) is 10.1. The maximum atomic E-state index is 6.55.